The molecule has 0 aliphatic carbocycles. The Morgan fingerprint density at radius 3 is 2.46 bits per heavy atom. The Kier molecular flexibility index (Phi) is 5.12. The van der Waals surface area contributed by atoms with Gasteiger partial charge in [0.1, 0.15) is 5.76 Å². The van der Waals surface area contributed by atoms with Crippen molar-refractivity contribution in [3.8, 4) is 0 Å². The molecule has 1 aromatic heterocycles. The summed E-state index contributed by atoms with van der Waals surface area (Å²) >= 11 is 0. The molecule has 1 heterocycles. The Morgan fingerprint density at radius 1 is 1.04 bits per heavy atom. The van der Waals surface area contributed by atoms with Gasteiger partial charge in [-0.15, -0.1) is 0 Å². The number of nitrogens with zero attached hydrogens (tertiary/aromatic N) is 2. The van der Waals surface area contributed by atoms with Crippen LogP contribution in [0.15, 0.2) is 65.2 Å². The Labute approximate surface area is 151 Å². The average molecular weight is 349 g/mol. The Balaban J connectivity index is 1.71. The number of hydrogen-bond donors (Lipinski definition) is 1. The van der Waals surface area contributed by atoms with E-state index in [-0.39, 0.29) is 11.8 Å². The molecule has 0 radical (unpaired) electrons. The number of aromatic nitrogens is 1. The first-order valence-corrected chi connectivity index (χ1v) is 8.17. The fourth-order valence-electron chi connectivity index (χ4n) is 2.56. The first-order valence-electron chi connectivity index (χ1n) is 8.17. The summed E-state index contributed by atoms with van der Waals surface area (Å²) in [6.07, 6.45) is 0. The zero-order valence-corrected chi connectivity index (χ0v) is 14.6. The molecule has 2 amide bonds. The number of carbonyl (C=O) groups is 2. The molecule has 0 aliphatic rings. The quantitative estimate of drug-likeness (QED) is 0.765. The van der Waals surface area contributed by atoms with Crippen molar-refractivity contribution in [2.24, 2.45) is 0 Å². The molecule has 0 bridgehead atoms. The van der Waals surface area contributed by atoms with E-state index >= 15 is 0 Å². The number of benzene rings is 2. The number of aryl methyl sites for hydroxylation is 1. The largest absolute Gasteiger partial charge is 0.360 e. The van der Waals surface area contributed by atoms with Crippen LogP contribution in [-0.2, 0) is 6.54 Å². The second kappa shape index (κ2) is 7.65. The van der Waals surface area contributed by atoms with E-state index in [1.807, 2.05) is 30.3 Å². The van der Waals surface area contributed by atoms with Crippen LogP contribution in [0.3, 0.4) is 0 Å². The van der Waals surface area contributed by atoms with Crippen LogP contribution < -0.4 is 5.32 Å². The Bertz CT molecular complexity index is 919. The highest BCUT2D eigenvalue weighted by atomic mass is 16.5. The third-order valence-electron chi connectivity index (χ3n) is 3.85. The molecule has 6 heteroatoms. The molecule has 26 heavy (non-hydrogen) atoms. The van der Waals surface area contributed by atoms with Crippen LogP contribution in [0.4, 0.5) is 5.82 Å². The molecule has 0 saturated carbocycles. The SMILES string of the molecule is Cc1cc(NC(=O)c2cccc(C(=O)N(C)Cc3ccccc3)c2)no1. The third kappa shape index (κ3) is 4.16. The van der Waals surface area contributed by atoms with Gasteiger partial charge in [0.05, 0.1) is 0 Å². The summed E-state index contributed by atoms with van der Waals surface area (Å²) in [4.78, 5) is 26.6. The van der Waals surface area contributed by atoms with E-state index in [9.17, 15) is 9.59 Å². The summed E-state index contributed by atoms with van der Waals surface area (Å²) in [5.41, 5.74) is 1.87. The number of rotatable bonds is 5. The van der Waals surface area contributed by atoms with Crippen molar-refractivity contribution >= 4 is 17.6 Å². The zero-order chi connectivity index (χ0) is 18.5. The van der Waals surface area contributed by atoms with Gasteiger partial charge in [0.25, 0.3) is 11.8 Å². The maximum atomic E-state index is 12.7. The van der Waals surface area contributed by atoms with E-state index in [0.717, 1.165) is 5.56 Å². The van der Waals surface area contributed by atoms with Gasteiger partial charge in [-0.05, 0) is 30.7 Å². The molecular formula is C20H19N3O3. The highest BCUT2D eigenvalue weighted by molar-refractivity contribution is 6.05. The molecule has 0 unspecified atom stereocenters. The molecule has 3 rings (SSSR count). The van der Waals surface area contributed by atoms with Crippen LogP contribution in [0.1, 0.15) is 32.0 Å². The highest BCUT2D eigenvalue weighted by Gasteiger charge is 2.15. The summed E-state index contributed by atoms with van der Waals surface area (Å²) in [5, 5.41) is 6.38. The van der Waals surface area contributed by atoms with Crippen LogP contribution >= 0.6 is 0 Å². The molecule has 2 aromatic carbocycles. The van der Waals surface area contributed by atoms with E-state index in [2.05, 4.69) is 10.5 Å². The van der Waals surface area contributed by atoms with E-state index in [1.54, 1.807) is 49.2 Å². The van der Waals surface area contributed by atoms with Gasteiger partial charge in [0, 0.05) is 30.8 Å². The predicted molar refractivity (Wildman–Crippen MR) is 97.9 cm³/mol. The van der Waals surface area contributed by atoms with Crippen molar-refractivity contribution < 1.29 is 14.1 Å². The average Bonchev–Trinajstić information content (AvgIpc) is 3.06. The lowest BCUT2D eigenvalue weighted by molar-refractivity contribution is 0.0785. The first-order chi connectivity index (χ1) is 12.5. The van der Waals surface area contributed by atoms with Crippen molar-refractivity contribution in [2.45, 2.75) is 13.5 Å². The van der Waals surface area contributed by atoms with Gasteiger partial charge in [0.2, 0.25) is 0 Å². The van der Waals surface area contributed by atoms with Crippen LogP contribution in [0, 0.1) is 6.92 Å². The van der Waals surface area contributed by atoms with Crippen molar-refractivity contribution in [3.63, 3.8) is 0 Å². The summed E-state index contributed by atoms with van der Waals surface area (Å²) in [6, 6.07) is 18.0. The lowest BCUT2D eigenvalue weighted by atomic mass is 10.1. The fourth-order valence-corrected chi connectivity index (χ4v) is 2.56. The summed E-state index contributed by atoms with van der Waals surface area (Å²) in [7, 11) is 1.74. The predicted octanol–water partition coefficient (Wildman–Crippen LogP) is 3.51. The molecule has 0 aliphatic heterocycles. The Morgan fingerprint density at radius 2 is 1.77 bits per heavy atom. The smallest absolute Gasteiger partial charge is 0.256 e. The van der Waals surface area contributed by atoms with Gasteiger partial charge in [-0.25, -0.2) is 0 Å². The summed E-state index contributed by atoms with van der Waals surface area (Å²) in [5.74, 6) is 0.441. The Hall–Kier alpha value is -3.41. The maximum Gasteiger partial charge on any atom is 0.256 e. The van der Waals surface area contributed by atoms with E-state index < -0.39 is 0 Å². The topological polar surface area (TPSA) is 75.4 Å². The molecule has 0 atom stereocenters. The van der Waals surface area contributed by atoms with Gasteiger partial charge in [-0.2, -0.15) is 0 Å². The molecule has 0 spiro atoms. The van der Waals surface area contributed by atoms with Gasteiger partial charge < -0.3 is 14.7 Å². The summed E-state index contributed by atoms with van der Waals surface area (Å²) < 4.78 is 4.93. The monoisotopic (exact) mass is 349 g/mol. The molecular weight excluding hydrogens is 330 g/mol. The van der Waals surface area contributed by atoms with Gasteiger partial charge in [-0.1, -0.05) is 41.6 Å². The molecule has 3 aromatic rings. The van der Waals surface area contributed by atoms with Crippen molar-refractivity contribution in [2.75, 3.05) is 12.4 Å². The maximum absolute atomic E-state index is 12.7. The second-order valence-electron chi connectivity index (χ2n) is 6.00. The lowest BCUT2D eigenvalue weighted by Gasteiger charge is -2.17. The minimum Gasteiger partial charge on any atom is -0.360 e. The molecule has 132 valence electrons. The highest BCUT2D eigenvalue weighted by Crippen LogP contribution is 2.13. The standard InChI is InChI=1S/C20H19N3O3/c1-14-11-18(22-26-14)21-19(24)16-9-6-10-17(12-16)20(25)23(2)13-15-7-4-3-5-8-15/h3-12H,13H2,1-2H3,(H,21,22,24). The van der Waals surface area contributed by atoms with E-state index in [0.29, 0.717) is 29.2 Å². The van der Waals surface area contributed by atoms with Gasteiger partial charge in [-0.3, -0.25) is 9.59 Å². The van der Waals surface area contributed by atoms with Crippen molar-refractivity contribution in [3.05, 3.63) is 83.1 Å². The van der Waals surface area contributed by atoms with Crippen LogP contribution in [0.25, 0.3) is 0 Å². The van der Waals surface area contributed by atoms with Gasteiger partial charge in [0.15, 0.2) is 5.82 Å². The minimum atomic E-state index is -0.348. The number of carbonyl (C=O) groups excluding carboxylic acids is 2. The summed E-state index contributed by atoms with van der Waals surface area (Å²) in [6.45, 7) is 2.23. The number of nitrogens with one attached hydrogen (secondary N) is 1. The van der Waals surface area contributed by atoms with E-state index in [4.69, 9.17) is 4.52 Å². The molecule has 1 N–H and O–H groups in total. The zero-order valence-electron chi connectivity index (χ0n) is 14.6. The van der Waals surface area contributed by atoms with Crippen molar-refractivity contribution in [1.29, 1.82) is 0 Å². The fraction of sp³-hybridized carbons (Fsp3) is 0.150. The molecule has 0 fully saturated rings. The first kappa shape index (κ1) is 17.4. The molecule has 0 saturated heterocycles. The minimum absolute atomic E-state index is 0.152. The van der Waals surface area contributed by atoms with Gasteiger partial charge >= 0.3 is 0 Å². The third-order valence-corrected chi connectivity index (χ3v) is 3.85. The normalized spacial score (nSPS) is 10.4. The number of amides is 2. The van der Waals surface area contributed by atoms with Crippen LogP contribution in [0.5, 0.6) is 0 Å². The van der Waals surface area contributed by atoms with Crippen molar-refractivity contribution in [1.82, 2.24) is 10.1 Å². The lowest BCUT2D eigenvalue weighted by Crippen LogP contribution is -2.26. The van der Waals surface area contributed by atoms with E-state index in [1.165, 1.54) is 0 Å². The van der Waals surface area contributed by atoms with Crippen LogP contribution in [-0.4, -0.2) is 28.9 Å². The second-order valence-corrected chi connectivity index (χ2v) is 6.00. The number of anilines is 1. The number of hydrogen-bond acceptors (Lipinski definition) is 4. The molecule has 6 nitrogen and oxygen atoms in total. The van der Waals surface area contributed by atoms with Crippen LogP contribution in [0.2, 0.25) is 0 Å².